The minimum atomic E-state index is 0.465. The zero-order valence-electron chi connectivity index (χ0n) is 15.3. The fourth-order valence-corrected chi connectivity index (χ4v) is 4.56. The maximum atomic E-state index is 6.14. The number of hydrogen-bond donors (Lipinski definition) is 1. The van der Waals surface area contributed by atoms with E-state index in [-0.39, 0.29) is 0 Å². The summed E-state index contributed by atoms with van der Waals surface area (Å²) in [4.78, 5) is 0. The molecular formula is C25H19N3. The predicted octanol–water partition coefficient (Wildman–Crippen LogP) is 5.81. The number of aromatic nitrogens is 2. The summed E-state index contributed by atoms with van der Waals surface area (Å²) < 4.78 is 4.57. The Balaban J connectivity index is 1.87. The molecule has 2 N–H and O–H groups in total. The zero-order valence-corrected chi connectivity index (χ0v) is 15.3. The fraction of sp³-hybridized carbons (Fsp3) is 0.0400. The third kappa shape index (κ3) is 1.97. The Kier molecular flexibility index (Phi) is 3.16. The van der Waals surface area contributed by atoms with E-state index < -0.39 is 0 Å². The molecule has 6 rings (SSSR count). The van der Waals surface area contributed by atoms with Gasteiger partial charge in [-0.25, -0.2) is 0 Å². The van der Waals surface area contributed by atoms with Crippen LogP contribution in [0.15, 0.2) is 91.0 Å². The lowest BCUT2D eigenvalue weighted by Crippen LogP contribution is -2.06. The highest BCUT2D eigenvalue weighted by Crippen LogP contribution is 2.37. The van der Waals surface area contributed by atoms with Crippen LogP contribution in [0.5, 0.6) is 0 Å². The maximum absolute atomic E-state index is 6.14. The second-order valence-corrected chi connectivity index (χ2v) is 7.20. The van der Waals surface area contributed by atoms with E-state index in [1.165, 1.54) is 49.3 Å². The first-order chi connectivity index (χ1) is 13.9. The first-order valence-electron chi connectivity index (χ1n) is 9.56. The zero-order chi connectivity index (χ0) is 18.7. The second kappa shape index (κ2) is 5.72. The van der Waals surface area contributed by atoms with Crippen molar-refractivity contribution in [3.05, 3.63) is 91.0 Å². The molecule has 0 aliphatic carbocycles. The van der Waals surface area contributed by atoms with Gasteiger partial charge in [0.2, 0.25) is 0 Å². The standard InChI is InChI=1S/C25H19N3/c26-16-27-22-12-6-4-10-18(22)20-15-25-21(14-24(20)27)19-11-5-7-13-23(19)28(25)17-8-2-1-3-9-17/h1-15H,16,26H2. The van der Waals surface area contributed by atoms with Gasteiger partial charge in [-0.3, -0.25) is 0 Å². The molecule has 0 aliphatic rings. The Bertz CT molecular complexity index is 1490. The Labute approximate surface area is 162 Å². The maximum Gasteiger partial charge on any atom is 0.0707 e. The van der Waals surface area contributed by atoms with E-state index in [1.54, 1.807) is 0 Å². The smallest absolute Gasteiger partial charge is 0.0707 e. The summed E-state index contributed by atoms with van der Waals surface area (Å²) in [7, 11) is 0. The minimum absolute atomic E-state index is 0.465. The summed E-state index contributed by atoms with van der Waals surface area (Å²) in [6.07, 6.45) is 0. The molecule has 4 aromatic carbocycles. The molecule has 0 fully saturated rings. The summed E-state index contributed by atoms with van der Waals surface area (Å²) in [5.74, 6) is 0. The number of para-hydroxylation sites is 3. The SMILES string of the molecule is NCn1c2ccccc2c2cc3c(cc21)c1ccccc1n3-c1ccccc1. The molecule has 2 heterocycles. The average molecular weight is 361 g/mol. The van der Waals surface area contributed by atoms with E-state index >= 15 is 0 Å². The minimum Gasteiger partial charge on any atom is -0.327 e. The van der Waals surface area contributed by atoms with Crippen molar-refractivity contribution in [3.8, 4) is 5.69 Å². The van der Waals surface area contributed by atoms with Gasteiger partial charge in [0, 0.05) is 27.2 Å². The molecule has 0 aliphatic heterocycles. The number of benzene rings is 4. The van der Waals surface area contributed by atoms with Crippen molar-refractivity contribution in [2.24, 2.45) is 5.73 Å². The molecule has 6 aromatic rings. The first kappa shape index (κ1) is 15.5. The topological polar surface area (TPSA) is 35.9 Å². The van der Waals surface area contributed by atoms with Crippen molar-refractivity contribution < 1.29 is 0 Å². The average Bonchev–Trinajstić information content (AvgIpc) is 3.25. The summed E-state index contributed by atoms with van der Waals surface area (Å²) in [6, 6.07) is 32.3. The Morgan fingerprint density at radius 3 is 1.86 bits per heavy atom. The van der Waals surface area contributed by atoms with Crippen molar-refractivity contribution in [1.29, 1.82) is 0 Å². The van der Waals surface area contributed by atoms with Crippen molar-refractivity contribution in [3.63, 3.8) is 0 Å². The number of nitrogens with two attached hydrogens (primary N) is 1. The van der Waals surface area contributed by atoms with Crippen molar-refractivity contribution in [2.75, 3.05) is 0 Å². The van der Waals surface area contributed by atoms with E-state index in [0.717, 1.165) is 0 Å². The van der Waals surface area contributed by atoms with Gasteiger partial charge >= 0.3 is 0 Å². The molecule has 2 aromatic heterocycles. The van der Waals surface area contributed by atoms with Crippen LogP contribution < -0.4 is 5.73 Å². The summed E-state index contributed by atoms with van der Waals surface area (Å²) in [5, 5.41) is 5.00. The van der Waals surface area contributed by atoms with E-state index in [4.69, 9.17) is 5.73 Å². The van der Waals surface area contributed by atoms with Crippen molar-refractivity contribution >= 4 is 43.6 Å². The van der Waals surface area contributed by atoms with Gasteiger partial charge in [0.25, 0.3) is 0 Å². The molecule has 28 heavy (non-hydrogen) atoms. The Morgan fingerprint density at radius 2 is 1.11 bits per heavy atom. The van der Waals surface area contributed by atoms with Gasteiger partial charge < -0.3 is 14.9 Å². The van der Waals surface area contributed by atoms with Crippen LogP contribution in [0.25, 0.3) is 49.3 Å². The number of nitrogens with zero attached hydrogens (tertiary/aromatic N) is 2. The highest BCUT2D eigenvalue weighted by Gasteiger charge is 2.16. The molecule has 0 unspecified atom stereocenters. The van der Waals surface area contributed by atoms with Crippen LogP contribution in [0.2, 0.25) is 0 Å². The van der Waals surface area contributed by atoms with Crippen LogP contribution in [-0.4, -0.2) is 9.13 Å². The molecule has 0 amide bonds. The van der Waals surface area contributed by atoms with Gasteiger partial charge in [-0.2, -0.15) is 0 Å². The second-order valence-electron chi connectivity index (χ2n) is 7.20. The van der Waals surface area contributed by atoms with Crippen LogP contribution in [-0.2, 0) is 6.67 Å². The molecule has 134 valence electrons. The third-order valence-electron chi connectivity index (χ3n) is 5.76. The molecule has 0 saturated heterocycles. The highest BCUT2D eigenvalue weighted by molar-refractivity contribution is 6.18. The van der Waals surface area contributed by atoms with Gasteiger partial charge in [-0.05, 0) is 36.4 Å². The monoisotopic (exact) mass is 361 g/mol. The third-order valence-corrected chi connectivity index (χ3v) is 5.76. The van der Waals surface area contributed by atoms with E-state index in [9.17, 15) is 0 Å². The molecule has 0 bridgehead atoms. The van der Waals surface area contributed by atoms with Crippen LogP contribution in [0.1, 0.15) is 0 Å². The molecule has 3 heteroatoms. The van der Waals surface area contributed by atoms with Gasteiger partial charge in [-0.15, -0.1) is 0 Å². The Morgan fingerprint density at radius 1 is 0.536 bits per heavy atom. The van der Waals surface area contributed by atoms with E-state index in [0.29, 0.717) is 6.67 Å². The van der Waals surface area contributed by atoms with Gasteiger partial charge in [-0.1, -0.05) is 54.6 Å². The summed E-state index contributed by atoms with van der Waals surface area (Å²) in [5.41, 5.74) is 12.1. The normalized spacial score (nSPS) is 11.9. The lowest BCUT2D eigenvalue weighted by atomic mass is 10.1. The highest BCUT2D eigenvalue weighted by atomic mass is 15.0. The molecule has 0 atom stereocenters. The largest absolute Gasteiger partial charge is 0.327 e. The summed E-state index contributed by atoms with van der Waals surface area (Å²) in [6.45, 7) is 0.465. The van der Waals surface area contributed by atoms with Crippen LogP contribution in [0.4, 0.5) is 0 Å². The lowest BCUT2D eigenvalue weighted by Gasteiger charge is -2.08. The van der Waals surface area contributed by atoms with Crippen LogP contribution >= 0.6 is 0 Å². The Hall–Kier alpha value is -3.56. The molecule has 3 nitrogen and oxygen atoms in total. The molecular weight excluding hydrogens is 342 g/mol. The molecule has 0 radical (unpaired) electrons. The lowest BCUT2D eigenvalue weighted by molar-refractivity contribution is 0.791. The van der Waals surface area contributed by atoms with Crippen molar-refractivity contribution in [1.82, 2.24) is 9.13 Å². The van der Waals surface area contributed by atoms with Gasteiger partial charge in [0.05, 0.1) is 28.7 Å². The van der Waals surface area contributed by atoms with E-state index in [2.05, 4.69) is 100 Å². The molecule has 0 spiro atoms. The van der Waals surface area contributed by atoms with E-state index in [1.807, 2.05) is 0 Å². The van der Waals surface area contributed by atoms with Crippen molar-refractivity contribution in [2.45, 2.75) is 6.67 Å². The first-order valence-corrected chi connectivity index (χ1v) is 9.56. The number of fused-ring (bicyclic) bond motifs is 6. The molecule has 0 saturated carbocycles. The quantitative estimate of drug-likeness (QED) is 0.415. The van der Waals surface area contributed by atoms with Gasteiger partial charge in [0.1, 0.15) is 0 Å². The number of rotatable bonds is 2. The predicted molar refractivity (Wildman–Crippen MR) is 118 cm³/mol. The summed E-state index contributed by atoms with van der Waals surface area (Å²) >= 11 is 0. The fourth-order valence-electron chi connectivity index (χ4n) is 4.56. The van der Waals surface area contributed by atoms with Crippen LogP contribution in [0, 0.1) is 0 Å². The van der Waals surface area contributed by atoms with Crippen LogP contribution in [0.3, 0.4) is 0 Å². The van der Waals surface area contributed by atoms with Gasteiger partial charge in [0.15, 0.2) is 0 Å². The number of hydrogen-bond acceptors (Lipinski definition) is 1.